The lowest BCUT2D eigenvalue weighted by Gasteiger charge is -2.14. The van der Waals surface area contributed by atoms with Gasteiger partial charge in [0.05, 0.1) is 6.04 Å². The summed E-state index contributed by atoms with van der Waals surface area (Å²) in [5.74, 6) is -1.60. The van der Waals surface area contributed by atoms with E-state index in [1.54, 1.807) is 0 Å². The monoisotopic (exact) mass is 386 g/mol. The number of benzene rings is 2. The summed E-state index contributed by atoms with van der Waals surface area (Å²) in [6, 6.07) is 14.7. The zero-order chi connectivity index (χ0) is 20.4. The maximum atomic E-state index is 12.8. The molecule has 0 aliphatic heterocycles. The molecule has 0 saturated heterocycles. The average Bonchev–Trinajstić information content (AvgIpc) is 2.69. The van der Waals surface area contributed by atoms with Crippen molar-refractivity contribution in [1.29, 1.82) is 0 Å². The van der Waals surface area contributed by atoms with E-state index in [9.17, 15) is 18.8 Å². The normalized spacial score (nSPS) is 11.4. The van der Waals surface area contributed by atoms with Gasteiger partial charge in [0.2, 0.25) is 5.91 Å². The maximum Gasteiger partial charge on any atom is 0.306 e. The molecule has 0 radical (unpaired) electrons. The van der Waals surface area contributed by atoms with Gasteiger partial charge in [-0.2, -0.15) is 0 Å². The average molecular weight is 386 g/mol. The highest BCUT2D eigenvalue weighted by atomic mass is 19.1. The first-order valence-corrected chi connectivity index (χ1v) is 8.99. The molecule has 6 nitrogen and oxygen atoms in total. The van der Waals surface area contributed by atoms with Crippen molar-refractivity contribution in [2.24, 2.45) is 0 Å². The van der Waals surface area contributed by atoms with Crippen LogP contribution in [0.2, 0.25) is 0 Å². The number of carbonyl (C=O) groups is 3. The van der Waals surface area contributed by atoms with Crippen LogP contribution in [0.1, 0.15) is 37.8 Å². The van der Waals surface area contributed by atoms with Crippen molar-refractivity contribution in [3.05, 3.63) is 66.0 Å². The quantitative estimate of drug-likeness (QED) is 0.647. The molecule has 2 N–H and O–H groups in total. The zero-order valence-corrected chi connectivity index (χ0v) is 15.6. The van der Waals surface area contributed by atoms with Crippen LogP contribution in [0.5, 0.6) is 0 Å². The summed E-state index contributed by atoms with van der Waals surface area (Å²) in [7, 11) is 0. The van der Waals surface area contributed by atoms with E-state index in [2.05, 4.69) is 10.6 Å². The first-order chi connectivity index (χ1) is 13.4. The van der Waals surface area contributed by atoms with Crippen LogP contribution in [0, 0.1) is 5.82 Å². The number of rotatable bonds is 9. The van der Waals surface area contributed by atoms with Gasteiger partial charge < -0.3 is 15.4 Å². The molecule has 0 spiro atoms. The molecule has 0 bridgehead atoms. The summed E-state index contributed by atoms with van der Waals surface area (Å²) in [6.07, 6.45) is 0.427. The highest BCUT2D eigenvalue weighted by Crippen LogP contribution is 2.11. The summed E-state index contributed by atoms with van der Waals surface area (Å²) in [4.78, 5) is 35.3. The number of ether oxygens (including phenoxy) is 1. The predicted molar refractivity (Wildman–Crippen MR) is 103 cm³/mol. The number of halogens is 1. The van der Waals surface area contributed by atoms with E-state index in [0.717, 1.165) is 5.56 Å². The Morgan fingerprint density at radius 1 is 0.964 bits per heavy atom. The predicted octanol–water partition coefficient (Wildman–Crippen LogP) is 3.36. The summed E-state index contributed by atoms with van der Waals surface area (Å²) in [5, 5.41) is 5.36. The third kappa shape index (κ3) is 7.57. The number of esters is 1. The first kappa shape index (κ1) is 21.1. The van der Waals surface area contributed by atoms with Gasteiger partial charge >= 0.3 is 5.97 Å². The molecule has 0 heterocycles. The smallest absolute Gasteiger partial charge is 0.306 e. The molecule has 1 atom stereocenters. The number of anilines is 1. The van der Waals surface area contributed by atoms with Crippen LogP contribution in [-0.2, 0) is 19.1 Å². The minimum Gasteiger partial charge on any atom is -0.456 e. The summed E-state index contributed by atoms with van der Waals surface area (Å²) in [6.45, 7) is 1.48. The third-order valence-corrected chi connectivity index (χ3v) is 3.95. The van der Waals surface area contributed by atoms with E-state index < -0.39 is 11.9 Å². The van der Waals surface area contributed by atoms with E-state index in [1.807, 2.05) is 37.3 Å². The molecular weight excluding hydrogens is 363 g/mol. The lowest BCUT2D eigenvalue weighted by molar-refractivity contribution is -0.148. The standard InChI is InChI=1S/C21H23FN2O4/c1-15(16-6-3-2-4-7-16)23-20(26)14-28-21(27)9-5-8-19(25)24-18-12-10-17(22)11-13-18/h2-4,6-7,10-13,15H,5,8-9,14H2,1H3,(H,23,26)(H,24,25)/t15-/m0/s1. The van der Waals surface area contributed by atoms with Crippen LogP contribution in [-0.4, -0.2) is 24.4 Å². The van der Waals surface area contributed by atoms with Crippen LogP contribution < -0.4 is 10.6 Å². The van der Waals surface area contributed by atoms with Gasteiger partial charge in [-0.15, -0.1) is 0 Å². The molecule has 2 aromatic rings. The fourth-order valence-electron chi connectivity index (χ4n) is 2.48. The highest BCUT2D eigenvalue weighted by Gasteiger charge is 2.12. The molecular formula is C21H23FN2O4. The van der Waals surface area contributed by atoms with Crippen LogP contribution in [0.25, 0.3) is 0 Å². The van der Waals surface area contributed by atoms with Crippen molar-refractivity contribution in [3.63, 3.8) is 0 Å². The molecule has 2 amide bonds. The minimum absolute atomic E-state index is 0.0261. The molecule has 2 rings (SSSR count). The van der Waals surface area contributed by atoms with Crippen LogP contribution in [0.4, 0.5) is 10.1 Å². The number of amides is 2. The second kappa shape index (κ2) is 10.8. The Bertz CT molecular complexity index is 794. The maximum absolute atomic E-state index is 12.8. The van der Waals surface area contributed by atoms with E-state index >= 15 is 0 Å². The summed E-state index contributed by atoms with van der Waals surface area (Å²) < 4.78 is 17.7. The van der Waals surface area contributed by atoms with Gasteiger partial charge in [-0.05, 0) is 43.2 Å². The van der Waals surface area contributed by atoms with Crippen LogP contribution >= 0.6 is 0 Å². The van der Waals surface area contributed by atoms with E-state index in [1.165, 1.54) is 24.3 Å². The second-order valence-electron chi connectivity index (χ2n) is 6.27. The highest BCUT2D eigenvalue weighted by molar-refractivity contribution is 5.90. The van der Waals surface area contributed by atoms with Gasteiger partial charge in [-0.1, -0.05) is 30.3 Å². The zero-order valence-electron chi connectivity index (χ0n) is 15.6. The van der Waals surface area contributed by atoms with Crippen molar-refractivity contribution in [1.82, 2.24) is 5.32 Å². The van der Waals surface area contributed by atoms with Crippen molar-refractivity contribution in [2.45, 2.75) is 32.2 Å². The van der Waals surface area contributed by atoms with Crippen molar-refractivity contribution in [3.8, 4) is 0 Å². The molecule has 0 saturated carbocycles. The lowest BCUT2D eigenvalue weighted by Crippen LogP contribution is -2.31. The van der Waals surface area contributed by atoms with Crippen LogP contribution in [0.3, 0.4) is 0 Å². The topological polar surface area (TPSA) is 84.5 Å². The number of hydrogen-bond acceptors (Lipinski definition) is 4. The molecule has 0 aliphatic rings. The minimum atomic E-state index is -0.544. The Morgan fingerprint density at radius 2 is 1.64 bits per heavy atom. The van der Waals surface area contributed by atoms with Gasteiger partial charge in [0, 0.05) is 18.5 Å². The summed E-state index contributed by atoms with van der Waals surface area (Å²) >= 11 is 0. The fraction of sp³-hybridized carbons (Fsp3) is 0.286. The molecule has 28 heavy (non-hydrogen) atoms. The number of hydrogen-bond donors (Lipinski definition) is 2. The van der Waals surface area contributed by atoms with E-state index in [4.69, 9.17) is 4.74 Å². The molecule has 0 unspecified atom stereocenters. The molecule has 0 fully saturated rings. The van der Waals surface area contributed by atoms with Gasteiger partial charge in [0.15, 0.2) is 6.61 Å². The molecule has 0 aliphatic carbocycles. The molecule has 0 aromatic heterocycles. The first-order valence-electron chi connectivity index (χ1n) is 8.99. The lowest BCUT2D eigenvalue weighted by atomic mass is 10.1. The van der Waals surface area contributed by atoms with Crippen molar-refractivity contribution < 1.29 is 23.5 Å². The third-order valence-electron chi connectivity index (χ3n) is 3.95. The Morgan fingerprint density at radius 3 is 2.32 bits per heavy atom. The molecule has 2 aromatic carbocycles. The number of nitrogens with one attached hydrogen (secondary N) is 2. The Labute approximate surface area is 163 Å². The van der Waals surface area contributed by atoms with E-state index in [0.29, 0.717) is 5.69 Å². The van der Waals surface area contributed by atoms with E-state index in [-0.39, 0.29) is 43.6 Å². The number of carbonyl (C=O) groups excluding carboxylic acids is 3. The molecule has 7 heteroatoms. The van der Waals surface area contributed by atoms with Gasteiger partial charge in [0.25, 0.3) is 5.91 Å². The van der Waals surface area contributed by atoms with Gasteiger partial charge in [0.1, 0.15) is 5.82 Å². The second-order valence-corrected chi connectivity index (χ2v) is 6.27. The van der Waals surface area contributed by atoms with Gasteiger partial charge in [-0.25, -0.2) is 4.39 Å². The Balaban J connectivity index is 1.61. The Hall–Kier alpha value is -3.22. The van der Waals surface area contributed by atoms with Crippen molar-refractivity contribution in [2.75, 3.05) is 11.9 Å². The largest absolute Gasteiger partial charge is 0.456 e. The summed E-state index contributed by atoms with van der Waals surface area (Å²) in [5.41, 5.74) is 1.44. The van der Waals surface area contributed by atoms with Gasteiger partial charge in [-0.3, -0.25) is 14.4 Å². The SMILES string of the molecule is C[C@H](NC(=O)COC(=O)CCCC(=O)Nc1ccc(F)cc1)c1ccccc1. The van der Waals surface area contributed by atoms with Crippen molar-refractivity contribution >= 4 is 23.5 Å². The molecule has 148 valence electrons. The Kier molecular flexibility index (Phi) is 8.14. The fourth-order valence-corrected chi connectivity index (χ4v) is 2.48. The van der Waals surface area contributed by atoms with Crippen LogP contribution in [0.15, 0.2) is 54.6 Å².